The van der Waals surface area contributed by atoms with E-state index in [1.165, 1.54) is 5.56 Å². The predicted octanol–water partition coefficient (Wildman–Crippen LogP) is 1.56. The first-order chi connectivity index (χ1) is 6.36. The largest absolute Gasteiger partial charge is 0.396 e. The van der Waals surface area contributed by atoms with Gasteiger partial charge in [-0.05, 0) is 24.1 Å². The van der Waals surface area contributed by atoms with E-state index in [1.54, 1.807) is 0 Å². The Morgan fingerprint density at radius 2 is 1.92 bits per heavy atom. The van der Waals surface area contributed by atoms with E-state index in [1.807, 2.05) is 24.3 Å². The fourth-order valence-electron chi connectivity index (χ4n) is 1.12. The molecule has 0 fully saturated rings. The van der Waals surface area contributed by atoms with Crippen molar-refractivity contribution in [3.8, 4) is 0 Å². The van der Waals surface area contributed by atoms with Gasteiger partial charge in [0, 0.05) is 24.6 Å². The highest BCUT2D eigenvalue weighted by molar-refractivity contribution is 7.80. The molecule has 0 bridgehead atoms. The smallest absolute Gasteiger partial charge is 0.0471 e. The van der Waals surface area contributed by atoms with Gasteiger partial charge in [0.2, 0.25) is 0 Å². The van der Waals surface area contributed by atoms with Gasteiger partial charge in [0.05, 0.1) is 0 Å². The molecule has 0 aliphatic carbocycles. The minimum absolute atomic E-state index is 0.212. The molecule has 2 nitrogen and oxygen atoms in total. The highest BCUT2D eigenvalue weighted by Gasteiger charge is 1.92. The van der Waals surface area contributed by atoms with Crippen LogP contribution in [0.25, 0.3) is 0 Å². The van der Waals surface area contributed by atoms with Crippen molar-refractivity contribution >= 4 is 18.3 Å². The minimum atomic E-state index is 0.212. The molecule has 72 valence electrons. The molecule has 0 radical (unpaired) electrons. The van der Waals surface area contributed by atoms with Crippen LogP contribution in [0, 0.1) is 0 Å². The Morgan fingerprint density at radius 3 is 2.46 bits per heavy atom. The van der Waals surface area contributed by atoms with Crippen LogP contribution < -0.4 is 5.32 Å². The first-order valence-electron chi connectivity index (χ1n) is 4.41. The maximum Gasteiger partial charge on any atom is 0.0471 e. The molecule has 0 heterocycles. The zero-order chi connectivity index (χ0) is 9.52. The van der Waals surface area contributed by atoms with Crippen molar-refractivity contribution in [1.29, 1.82) is 0 Å². The summed E-state index contributed by atoms with van der Waals surface area (Å²) in [7, 11) is 0. The molecule has 1 rings (SSSR count). The van der Waals surface area contributed by atoms with Gasteiger partial charge >= 0.3 is 0 Å². The second kappa shape index (κ2) is 5.89. The highest BCUT2D eigenvalue weighted by atomic mass is 32.1. The number of hydrogen-bond acceptors (Lipinski definition) is 3. The first kappa shape index (κ1) is 10.4. The molecule has 0 spiro atoms. The van der Waals surface area contributed by atoms with Gasteiger partial charge < -0.3 is 10.4 Å². The van der Waals surface area contributed by atoms with Gasteiger partial charge in [-0.3, -0.25) is 0 Å². The zero-order valence-electron chi connectivity index (χ0n) is 7.53. The van der Waals surface area contributed by atoms with Crippen molar-refractivity contribution in [1.82, 2.24) is 0 Å². The Bertz CT molecular complexity index is 235. The van der Waals surface area contributed by atoms with Crippen molar-refractivity contribution in [3.05, 3.63) is 29.8 Å². The number of anilines is 1. The lowest BCUT2D eigenvalue weighted by atomic mass is 10.1. The van der Waals surface area contributed by atoms with Crippen molar-refractivity contribution < 1.29 is 5.11 Å². The molecule has 1 aromatic carbocycles. The van der Waals surface area contributed by atoms with Crippen LogP contribution in [0.2, 0.25) is 0 Å². The Morgan fingerprint density at radius 1 is 1.23 bits per heavy atom. The molecule has 2 N–H and O–H groups in total. The molecule has 0 saturated heterocycles. The van der Waals surface area contributed by atoms with Gasteiger partial charge in [0.25, 0.3) is 0 Å². The van der Waals surface area contributed by atoms with E-state index in [9.17, 15) is 0 Å². The fourth-order valence-corrected chi connectivity index (χ4v) is 1.23. The summed E-state index contributed by atoms with van der Waals surface area (Å²) < 4.78 is 0. The summed E-state index contributed by atoms with van der Waals surface area (Å²) in [6, 6.07) is 8.09. The lowest BCUT2D eigenvalue weighted by Gasteiger charge is -2.04. The van der Waals surface area contributed by atoms with E-state index in [-0.39, 0.29) is 6.61 Å². The van der Waals surface area contributed by atoms with Gasteiger partial charge in [0.15, 0.2) is 0 Å². The van der Waals surface area contributed by atoms with E-state index >= 15 is 0 Å². The summed E-state index contributed by atoms with van der Waals surface area (Å²) in [4.78, 5) is 0. The average Bonchev–Trinajstić information content (AvgIpc) is 2.17. The summed E-state index contributed by atoms with van der Waals surface area (Å²) in [5.74, 6) is 0.832. The zero-order valence-corrected chi connectivity index (χ0v) is 8.43. The summed E-state index contributed by atoms with van der Waals surface area (Å²) in [6.45, 7) is 1.09. The molecule has 0 atom stereocenters. The maximum absolute atomic E-state index is 8.70. The summed E-state index contributed by atoms with van der Waals surface area (Å²) in [5.41, 5.74) is 2.27. The first-order valence-corrected chi connectivity index (χ1v) is 5.04. The van der Waals surface area contributed by atoms with Crippen molar-refractivity contribution in [2.45, 2.75) is 6.42 Å². The molecule has 0 saturated carbocycles. The van der Waals surface area contributed by atoms with Gasteiger partial charge in [-0.25, -0.2) is 0 Å². The second-order valence-corrected chi connectivity index (χ2v) is 3.27. The number of thiol groups is 1. The van der Waals surface area contributed by atoms with Crippen LogP contribution >= 0.6 is 12.6 Å². The van der Waals surface area contributed by atoms with E-state index in [2.05, 4.69) is 17.9 Å². The van der Waals surface area contributed by atoms with Gasteiger partial charge in [-0.15, -0.1) is 0 Å². The van der Waals surface area contributed by atoms with Gasteiger partial charge in [0.1, 0.15) is 0 Å². The van der Waals surface area contributed by atoms with Crippen molar-refractivity contribution in [2.75, 3.05) is 24.2 Å². The van der Waals surface area contributed by atoms with Crippen LogP contribution in [-0.2, 0) is 6.42 Å². The molecule has 0 amide bonds. The molecular formula is C10H15NOS. The number of aliphatic hydroxyl groups is 1. The van der Waals surface area contributed by atoms with Gasteiger partial charge in [-0.2, -0.15) is 12.6 Å². The number of hydrogen-bond donors (Lipinski definition) is 3. The van der Waals surface area contributed by atoms with E-state index in [4.69, 9.17) is 5.11 Å². The Labute approximate surface area is 84.4 Å². The van der Waals surface area contributed by atoms with Crippen LogP contribution in [0.15, 0.2) is 24.3 Å². The lowest BCUT2D eigenvalue weighted by Crippen LogP contribution is -2.02. The molecule has 0 aromatic heterocycles. The third-order valence-corrected chi connectivity index (χ3v) is 2.02. The third-order valence-electron chi connectivity index (χ3n) is 1.80. The monoisotopic (exact) mass is 197 g/mol. The Hall–Kier alpha value is -0.670. The van der Waals surface area contributed by atoms with Crippen LogP contribution in [0.5, 0.6) is 0 Å². The molecule has 3 heteroatoms. The molecular weight excluding hydrogens is 182 g/mol. The fraction of sp³-hybridized carbons (Fsp3) is 0.400. The highest BCUT2D eigenvalue weighted by Crippen LogP contribution is 2.09. The topological polar surface area (TPSA) is 32.3 Å². The quantitative estimate of drug-likeness (QED) is 0.626. The van der Waals surface area contributed by atoms with Crippen molar-refractivity contribution in [2.24, 2.45) is 0 Å². The predicted molar refractivity (Wildman–Crippen MR) is 59.6 cm³/mol. The van der Waals surface area contributed by atoms with Crippen LogP contribution in [0.3, 0.4) is 0 Å². The molecule has 0 unspecified atom stereocenters. The normalized spacial score (nSPS) is 10.0. The van der Waals surface area contributed by atoms with Crippen LogP contribution in [0.1, 0.15) is 5.56 Å². The third kappa shape index (κ3) is 3.70. The molecule has 0 aliphatic rings. The standard InChI is InChI=1S/C10H15NOS/c12-7-5-9-1-3-10(4-2-9)11-6-8-13/h1-4,11-13H,5-8H2. The second-order valence-electron chi connectivity index (χ2n) is 2.82. The van der Waals surface area contributed by atoms with E-state index in [0.717, 1.165) is 24.4 Å². The number of benzene rings is 1. The molecule has 0 aliphatic heterocycles. The van der Waals surface area contributed by atoms with Crippen LogP contribution in [-0.4, -0.2) is 24.0 Å². The van der Waals surface area contributed by atoms with Crippen molar-refractivity contribution in [3.63, 3.8) is 0 Å². The van der Waals surface area contributed by atoms with E-state index < -0.39 is 0 Å². The molecule has 13 heavy (non-hydrogen) atoms. The summed E-state index contributed by atoms with van der Waals surface area (Å²) >= 11 is 4.11. The minimum Gasteiger partial charge on any atom is -0.396 e. The summed E-state index contributed by atoms with van der Waals surface area (Å²) in [6.07, 6.45) is 0.729. The van der Waals surface area contributed by atoms with E-state index in [0.29, 0.717) is 0 Å². The lowest BCUT2D eigenvalue weighted by molar-refractivity contribution is 0.299. The molecule has 1 aromatic rings. The number of aliphatic hydroxyl groups excluding tert-OH is 1. The number of rotatable bonds is 5. The average molecular weight is 197 g/mol. The SMILES string of the molecule is OCCc1ccc(NCCS)cc1. The number of nitrogens with one attached hydrogen (secondary N) is 1. The summed E-state index contributed by atoms with van der Waals surface area (Å²) in [5, 5.41) is 11.9. The Balaban J connectivity index is 2.48. The van der Waals surface area contributed by atoms with Gasteiger partial charge in [-0.1, -0.05) is 12.1 Å². The maximum atomic E-state index is 8.70. The van der Waals surface area contributed by atoms with Crippen LogP contribution in [0.4, 0.5) is 5.69 Å². The Kier molecular flexibility index (Phi) is 4.72.